The maximum absolute atomic E-state index is 6.39. The molecule has 3 nitrogen and oxygen atoms in total. The van der Waals surface area contributed by atoms with Crippen molar-refractivity contribution in [3.8, 4) is 17.2 Å². The maximum atomic E-state index is 6.39. The molecule has 3 aromatic carbocycles. The molecular formula is C36H46O3Si. The van der Waals surface area contributed by atoms with Crippen LogP contribution >= 0.6 is 0 Å². The van der Waals surface area contributed by atoms with Crippen LogP contribution in [0.2, 0.25) is 0 Å². The third-order valence-electron chi connectivity index (χ3n) is 9.47. The van der Waals surface area contributed by atoms with Gasteiger partial charge in [0.25, 0.3) is 0 Å². The van der Waals surface area contributed by atoms with Gasteiger partial charge in [-0.25, -0.2) is 0 Å². The van der Waals surface area contributed by atoms with Crippen LogP contribution in [0.3, 0.4) is 0 Å². The average Bonchev–Trinajstić information content (AvgIpc) is 3.12. The van der Waals surface area contributed by atoms with Gasteiger partial charge >= 0.3 is 0 Å². The molecule has 0 N–H and O–H groups in total. The Hall–Kier alpha value is -3.24. The minimum absolute atomic E-state index is 0.255. The van der Waals surface area contributed by atoms with E-state index in [9.17, 15) is 0 Å². The van der Waals surface area contributed by atoms with E-state index in [0.717, 1.165) is 33.9 Å². The van der Waals surface area contributed by atoms with E-state index < -0.39 is 8.07 Å². The zero-order valence-corrected chi connectivity index (χ0v) is 27.8. The second-order valence-electron chi connectivity index (χ2n) is 11.6. The number of hydrogen-bond donors (Lipinski definition) is 0. The molecule has 40 heavy (non-hydrogen) atoms. The molecule has 0 radical (unpaired) electrons. The number of hydrogen-bond acceptors (Lipinski definition) is 3. The Bertz CT molecular complexity index is 1410. The molecule has 0 spiro atoms. The Labute approximate surface area is 242 Å². The van der Waals surface area contributed by atoms with Gasteiger partial charge in [0.15, 0.2) is 8.07 Å². The van der Waals surface area contributed by atoms with Crippen LogP contribution < -0.4 is 29.8 Å². The molecule has 0 saturated heterocycles. The summed E-state index contributed by atoms with van der Waals surface area (Å²) in [6, 6.07) is 13.4. The number of benzene rings is 3. The molecule has 4 heteroatoms. The van der Waals surface area contributed by atoms with Crippen molar-refractivity contribution in [2.24, 2.45) is 5.92 Å². The van der Waals surface area contributed by atoms with E-state index in [1.54, 1.807) is 0 Å². The van der Waals surface area contributed by atoms with Crippen molar-refractivity contribution in [1.82, 2.24) is 0 Å². The zero-order chi connectivity index (χ0) is 29.7. The van der Waals surface area contributed by atoms with Crippen molar-refractivity contribution < 1.29 is 14.2 Å². The number of rotatable bonds is 7. The Morgan fingerprint density at radius 2 is 0.775 bits per heavy atom. The first-order valence-electron chi connectivity index (χ1n) is 14.2. The van der Waals surface area contributed by atoms with Crippen molar-refractivity contribution in [2.75, 3.05) is 21.3 Å². The third-order valence-corrected chi connectivity index (χ3v) is 15.2. The fourth-order valence-corrected chi connectivity index (χ4v) is 14.4. The van der Waals surface area contributed by atoms with E-state index in [1.165, 1.54) is 54.2 Å². The predicted molar refractivity (Wildman–Crippen MR) is 172 cm³/mol. The second-order valence-corrected chi connectivity index (χ2v) is 15.2. The summed E-state index contributed by atoms with van der Waals surface area (Å²) in [5, 5.41) is 5.36. The summed E-state index contributed by atoms with van der Waals surface area (Å²) in [6.07, 6.45) is 0. The molecule has 0 bridgehead atoms. The Kier molecular flexibility index (Phi) is 8.15. The predicted octanol–water partition coefficient (Wildman–Crippen LogP) is 6.87. The van der Waals surface area contributed by atoms with Crippen LogP contribution in [-0.2, 0) is 0 Å². The van der Waals surface area contributed by atoms with Crippen molar-refractivity contribution in [3.63, 3.8) is 0 Å². The molecule has 0 aliphatic heterocycles. The van der Waals surface area contributed by atoms with Gasteiger partial charge in [0, 0.05) is 0 Å². The molecule has 1 aliphatic carbocycles. The highest BCUT2D eigenvalue weighted by Gasteiger charge is 2.55. The first-order chi connectivity index (χ1) is 18.9. The summed E-state index contributed by atoms with van der Waals surface area (Å²) in [6.45, 7) is 22.5. The summed E-state index contributed by atoms with van der Waals surface area (Å²) < 4.78 is 19.2. The van der Waals surface area contributed by atoms with Gasteiger partial charge in [0.1, 0.15) is 17.2 Å². The van der Waals surface area contributed by atoms with Crippen LogP contribution in [0.15, 0.2) is 58.3 Å². The van der Waals surface area contributed by atoms with Gasteiger partial charge in [0.2, 0.25) is 0 Å². The summed E-state index contributed by atoms with van der Waals surface area (Å²) in [5.74, 6) is 3.15. The molecule has 1 aliphatic rings. The lowest BCUT2D eigenvalue weighted by molar-refractivity contribution is 0.412. The molecule has 4 rings (SSSR count). The molecule has 0 heterocycles. The first-order valence-corrected chi connectivity index (χ1v) is 16.2. The van der Waals surface area contributed by atoms with Gasteiger partial charge in [-0.3, -0.25) is 0 Å². The van der Waals surface area contributed by atoms with Gasteiger partial charge in [0.05, 0.1) is 21.3 Å². The van der Waals surface area contributed by atoms with Crippen LogP contribution in [0.25, 0.3) is 0 Å². The fraction of sp³-hybridized carbons (Fsp3) is 0.389. The highest BCUT2D eigenvalue weighted by molar-refractivity contribution is 7.18. The van der Waals surface area contributed by atoms with Crippen molar-refractivity contribution in [3.05, 3.63) is 91.7 Å². The SMILES string of the molecule is COc1c(C)ccc(C)c1[Si](C1=C(C)C(C)=C(C)C1C)(c1c(C)ccc(C)c1OC)c1c(C)ccc(C)c1OC. The average molecular weight is 555 g/mol. The summed E-state index contributed by atoms with van der Waals surface area (Å²) in [7, 11) is 2.29. The number of aryl methyl sites for hydroxylation is 6. The molecule has 0 saturated carbocycles. The summed E-state index contributed by atoms with van der Waals surface area (Å²) in [5.41, 5.74) is 11.3. The fourth-order valence-electron chi connectivity index (χ4n) is 7.29. The summed E-state index contributed by atoms with van der Waals surface area (Å²) >= 11 is 0. The van der Waals surface area contributed by atoms with Crippen LogP contribution in [0.5, 0.6) is 17.2 Å². The quantitative estimate of drug-likeness (QED) is 0.236. The largest absolute Gasteiger partial charge is 0.497 e. The first kappa shape index (κ1) is 29.7. The van der Waals surface area contributed by atoms with Gasteiger partial charge in [-0.1, -0.05) is 59.7 Å². The lowest BCUT2D eigenvalue weighted by Crippen LogP contribution is -2.72. The van der Waals surface area contributed by atoms with Crippen molar-refractivity contribution in [1.29, 1.82) is 0 Å². The molecular weight excluding hydrogens is 508 g/mol. The topological polar surface area (TPSA) is 27.7 Å². The van der Waals surface area contributed by atoms with Gasteiger partial charge in [-0.2, -0.15) is 0 Å². The molecule has 212 valence electrons. The van der Waals surface area contributed by atoms with Crippen molar-refractivity contribution in [2.45, 2.75) is 69.2 Å². The molecule has 0 amide bonds. The standard InChI is InChI=1S/C36H46O3Si/c1-20-14-17-23(4)33(30(20)37-11)40(36-28(9)26(7)27(8)29(36)10,34-24(5)18-15-21(2)31(34)38-12)35-25(6)19-16-22(3)32(35)39-13/h14-19,28H,1-13H3. The normalized spacial score (nSPS) is 15.7. The minimum Gasteiger partial charge on any atom is -0.497 e. The van der Waals surface area contributed by atoms with Gasteiger partial charge < -0.3 is 14.2 Å². The molecule has 1 atom stereocenters. The Balaban J connectivity index is 2.52. The monoisotopic (exact) mass is 554 g/mol. The van der Waals surface area contributed by atoms with Crippen LogP contribution in [0, 0.1) is 47.5 Å². The van der Waals surface area contributed by atoms with Crippen LogP contribution in [0.4, 0.5) is 0 Å². The maximum Gasteiger partial charge on any atom is 0.190 e. The Morgan fingerprint density at radius 1 is 0.475 bits per heavy atom. The number of methoxy groups -OCH3 is 3. The van der Waals surface area contributed by atoms with Gasteiger partial charge in [-0.15, -0.1) is 0 Å². The minimum atomic E-state index is -3.16. The number of ether oxygens (including phenoxy) is 3. The van der Waals surface area contributed by atoms with E-state index in [4.69, 9.17) is 14.2 Å². The second kappa shape index (κ2) is 11.0. The molecule has 3 aromatic rings. The zero-order valence-electron chi connectivity index (χ0n) is 26.8. The molecule has 0 fully saturated rings. The lowest BCUT2D eigenvalue weighted by Gasteiger charge is -2.43. The smallest absolute Gasteiger partial charge is 0.190 e. The van der Waals surface area contributed by atoms with E-state index in [-0.39, 0.29) is 5.92 Å². The molecule has 0 aromatic heterocycles. The van der Waals surface area contributed by atoms with E-state index in [1.807, 2.05) is 21.3 Å². The Morgan fingerprint density at radius 3 is 1.02 bits per heavy atom. The van der Waals surface area contributed by atoms with E-state index in [0.29, 0.717) is 0 Å². The highest BCUT2D eigenvalue weighted by Crippen LogP contribution is 2.45. The van der Waals surface area contributed by atoms with E-state index in [2.05, 4.69) is 106 Å². The van der Waals surface area contributed by atoms with Crippen molar-refractivity contribution >= 4 is 23.6 Å². The highest BCUT2D eigenvalue weighted by atomic mass is 28.3. The third kappa shape index (κ3) is 4.14. The van der Waals surface area contributed by atoms with Gasteiger partial charge in [-0.05, 0) is 123 Å². The summed E-state index contributed by atoms with van der Waals surface area (Å²) in [4.78, 5) is 0. The molecule has 1 unspecified atom stereocenters. The lowest BCUT2D eigenvalue weighted by atomic mass is 10.1. The van der Waals surface area contributed by atoms with Crippen LogP contribution in [0.1, 0.15) is 61.1 Å². The number of allylic oxidation sites excluding steroid dienone is 4. The van der Waals surface area contributed by atoms with E-state index >= 15 is 0 Å². The van der Waals surface area contributed by atoms with Crippen LogP contribution in [-0.4, -0.2) is 29.4 Å².